The van der Waals surface area contributed by atoms with Crippen LogP contribution in [0.2, 0.25) is 4.20 Å². The second-order valence-electron chi connectivity index (χ2n) is 3.07. The molecule has 0 aliphatic heterocycles. The van der Waals surface area contributed by atoms with Crippen LogP contribution in [0.4, 0.5) is 0 Å². The summed E-state index contributed by atoms with van der Waals surface area (Å²) in [6.45, 7) is 6.98. The van der Waals surface area contributed by atoms with Gasteiger partial charge < -0.3 is 0 Å². The number of hydrogen-bond donors (Lipinski definition) is 0. The zero-order valence-electron chi connectivity index (χ0n) is 5.95. The Morgan fingerprint density at radius 3 is 1.29 bits per heavy atom. The summed E-state index contributed by atoms with van der Waals surface area (Å²) in [5.41, 5.74) is 0. The fourth-order valence-corrected chi connectivity index (χ4v) is 0. The van der Waals surface area contributed by atoms with Gasteiger partial charge in [0.25, 0.3) is 0 Å². The molecule has 0 aromatic rings. The first-order chi connectivity index (χ1) is 2.94. The molecule has 0 amide bonds. The molecule has 0 aliphatic rings. The molecular formula is C4H9AsLi2. The van der Waals surface area contributed by atoms with E-state index >= 15 is 0 Å². The molecule has 32 valence electrons. The van der Waals surface area contributed by atoms with Gasteiger partial charge >= 0.3 is 66.3 Å². The first-order valence-electron chi connectivity index (χ1n) is 2.62. The molecule has 0 heterocycles. The zero-order valence-corrected chi connectivity index (χ0v) is 7.82. The van der Waals surface area contributed by atoms with Crippen molar-refractivity contribution in [3.8, 4) is 0 Å². The van der Waals surface area contributed by atoms with Gasteiger partial charge in [-0.15, -0.1) is 0 Å². The first kappa shape index (κ1) is 8.75. The second kappa shape index (κ2) is 3.06. The quantitative estimate of drug-likeness (QED) is 0.439. The van der Waals surface area contributed by atoms with Crippen molar-refractivity contribution in [2.75, 3.05) is 0 Å². The molecule has 0 N–H and O–H groups in total. The Labute approximate surface area is 65.8 Å². The van der Waals surface area contributed by atoms with Gasteiger partial charge in [0, 0.05) is 0 Å². The topological polar surface area (TPSA) is 0 Å². The van der Waals surface area contributed by atoms with E-state index in [9.17, 15) is 0 Å². The summed E-state index contributed by atoms with van der Waals surface area (Å²) >= 11 is 4.79. The van der Waals surface area contributed by atoms with Crippen molar-refractivity contribution in [1.29, 1.82) is 0 Å². The third-order valence-corrected chi connectivity index (χ3v) is 6.97. The van der Waals surface area contributed by atoms with Crippen LogP contribution < -0.4 is 0 Å². The molecule has 0 aromatic carbocycles. The van der Waals surface area contributed by atoms with Crippen molar-refractivity contribution >= 4 is 41.3 Å². The molecule has 0 rings (SSSR count). The van der Waals surface area contributed by atoms with E-state index in [0.717, 1.165) is 0 Å². The van der Waals surface area contributed by atoms with Crippen LogP contribution in [0, 0.1) is 0 Å². The van der Waals surface area contributed by atoms with Crippen LogP contribution in [-0.2, 0) is 0 Å². The van der Waals surface area contributed by atoms with Crippen LogP contribution >= 0.6 is 0 Å². The standard InChI is InChI=1S/C4H9As.2Li/c1-4(2,3)5;;/h1-3H3;;. The van der Waals surface area contributed by atoms with E-state index in [1.807, 2.05) is 0 Å². The van der Waals surface area contributed by atoms with E-state index in [1.165, 1.54) is 0 Å². The summed E-state index contributed by atoms with van der Waals surface area (Å²) in [6, 6.07) is 0. The average molecular weight is 146 g/mol. The molecule has 7 heavy (non-hydrogen) atoms. The van der Waals surface area contributed by atoms with E-state index in [2.05, 4.69) is 51.9 Å². The molecule has 0 saturated heterocycles. The third kappa shape index (κ3) is 4.27. The van der Waals surface area contributed by atoms with Crippen molar-refractivity contribution < 1.29 is 0 Å². The molecule has 0 spiro atoms. The van der Waals surface area contributed by atoms with E-state index < -0.39 is 10.1 Å². The summed E-state index contributed by atoms with van der Waals surface area (Å²) in [5, 5.41) is 0. The number of rotatable bonds is 0. The summed E-state index contributed by atoms with van der Waals surface area (Å²) < 4.78 is 0.646. The van der Waals surface area contributed by atoms with Gasteiger partial charge in [0.2, 0.25) is 0 Å². The van der Waals surface area contributed by atoms with Crippen molar-refractivity contribution in [2.45, 2.75) is 25.0 Å². The maximum atomic E-state index is 2.40. The van der Waals surface area contributed by atoms with Crippen LogP contribution in [-0.4, -0.2) is 41.3 Å². The van der Waals surface area contributed by atoms with E-state index in [1.54, 1.807) is 0 Å². The van der Waals surface area contributed by atoms with E-state index in [4.69, 9.17) is 0 Å². The van der Waals surface area contributed by atoms with Gasteiger partial charge in [-0.25, -0.2) is 0 Å². The predicted octanol–water partition coefficient (Wildman–Crippen LogP) is 0.612. The van der Waals surface area contributed by atoms with Gasteiger partial charge in [0.05, 0.1) is 0 Å². The summed E-state index contributed by atoms with van der Waals surface area (Å²) in [5.74, 6) is 0. The minimum absolute atomic E-state index is 0.417. The Morgan fingerprint density at radius 1 is 1.14 bits per heavy atom. The third-order valence-electron chi connectivity index (χ3n) is 1.34. The minimum atomic E-state index is -0.417. The normalized spacial score (nSPS) is 13.1. The monoisotopic (exact) mass is 146 g/mol. The van der Waals surface area contributed by atoms with Crippen molar-refractivity contribution in [2.24, 2.45) is 0 Å². The molecule has 0 radical (unpaired) electrons. The molecule has 0 unspecified atom stereocenters. The molecule has 0 aromatic heterocycles. The van der Waals surface area contributed by atoms with Gasteiger partial charge in [0.15, 0.2) is 0 Å². The van der Waals surface area contributed by atoms with Gasteiger partial charge in [-0.1, -0.05) is 0 Å². The first-order valence-corrected chi connectivity index (χ1v) is 7.31. The van der Waals surface area contributed by atoms with Crippen molar-refractivity contribution in [3.63, 3.8) is 0 Å². The Balaban J connectivity index is 3.54. The number of hydrogen-bond acceptors (Lipinski definition) is 0. The SMILES string of the molecule is [Li][As]([Li])C(C)(C)C. The molecule has 0 nitrogen and oxygen atoms in total. The predicted molar refractivity (Wildman–Crippen MR) is 37.0 cm³/mol. The fourth-order valence-electron chi connectivity index (χ4n) is 0. The summed E-state index contributed by atoms with van der Waals surface area (Å²) in [6.07, 6.45) is 0. The van der Waals surface area contributed by atoms with Crippen LogP contribution in [0.3, 0.4) is 0 Å². The Hall–Kier alpha value is 1.75. The molecule has 0 fully saturated rings. The van der Waals surface area contributed by atoms with Crippen molar-refractivity contribution in [3.05, 3.63) is 0 Å². The van der Waals surface area contributed by atoms with Gasteiger partial charge in [-0.3, -0.25) is 0 Å². The van der Waals surface area contributed by atoms with Crippen LogP contribution in [0.1, 0.15) is 20.8 Å². The van der Waals surface area contributed by atoms with Gasteiger partial charge in [-0.05, 0) is 0 Å². The second-order valence-corrected chi connectivity index (χ2v) is 9.63. The Kier molecular flexibility index (Phi) is 3.82. The fraction of sp³-hybridized carbons (Fsp3) is 1.00. The molecular weight excluding hydrogens is 137 g/mol. The van der Waals surface area contributed by atoms with Gasteiger partial charge in [0.1, 0.15) is 0 Å². The van der Waals surface area contributed by atoms with Crippen LogP contribution in [0.25, 0.3) is 0 Å². The van der Waals surface area contributed by atoms with E-state index in [-0.39, 0.29) is 0 Å². The average Bonchev–Trinajstić information content (AvgIpc) is 1.31. The van der Waals surface area contributed by atoms with Crippen LogP contribution in [0.5, 0.6) is 0 Å². The summed E-state index contributed by atoms with van der Waals surface area (Å²) in [7, 11) is -0.417. The molecule has 0 bridgehead atoms. The summed E-state index contributed by atoms with van der Waals surface area (Å²) in [4.78, 5) is 0. The van der Waals surface area contributed by atoms with Crippen LogP contribution in [0.15, 0.2) is 0 Å². The van der Waals surface area contributed by atoms with Gasteiger partial charge in [-0.2, -0.15) is 0 Å². The Bertz CT molecular complexity index is 55.2. The molecule has 0 aliphatic carbocycles. The zero-order chi connectivity index (χ0) is 6.08. The van der Waals surface area contributed by atoms with Crippen molar-refractivity contribution in [1.82, 2.24) is 0 Å². The molecule has 3 heteroatoms. The maximum absolute atomic E-state index is 2.40. The molecule has 0 saturated carbocycles. The van der Waals surface area contributed by atoms with E-state index in [0.29, 0.717) is 4.20 Å². The Morgan fingerprint density at radius 2 is 1.29 bits per heavy atom. The molecule has 0 atom stereocenters.